The monoisotopic (exact) mass is 578 g/mol. The van der Waals surface area contributed by atoms with Gasteiger partial charge in [-0.2, -0.15) is 0 Å². The Morgan fingerprint density at radius 1 is 0.659 bits per heavy atom. The van der Waals surface area contributed by atoms with E-state index in [1.54, 1.807) is 13.8 Å². The van der Waals surface area contributed by atoms with E-state index in [4.69, 9.17) is 5.41 Å². The summed E-state index contributed by atoms with van der Waals surface area (Å²) in [5, 5.41) is 19.9. The van der Waals surface area contributed by atoms with Gasteiger partial charge in [-0.1, -0.05) is 13.8 Å². The van der Waals surface area contributed by atoms with Crippen LogP contribution in [-0.4, -0.2) is 109 Å². The molecule has 0 aliphatic carbocycles. The summed E-state index contributed by atoms with van der Waals surface area (Å²) in [5.74, 6) is -3.59. The molecule has 2 heterocycles. The molecule has 0 saturated carbocycles. The Labute approximate surface area is 237 Å². The number of carbonyl (C=O) groups is 8. The number of imide groups is 1. The second-order valence-corrected chi connectivity index (χ2v) is 9.91. The number of rotatable bonds is 16. The largest absolute Gasteiger partial charge is 0.354 e. The highest BCUT2D eigenvalue weighted by Crippen LogP contribution is 2.19. The van der Waals surface area contributed by atoms with Gasteiger partial charge in [0.15, 0.2) is 0 Å². The topological polar surface area (TPSA) is 227 Å². The summed E-state index contributed by atoms with van der Waals surface area (Å²) in [4.78, 5) is 97.3. The zero-order chi connectivity index (χ0) is 30.5. The fourth-order valence-electron chi connectivity index (χ4n) is 4.14. The van der Waals surface area contributed by atoms with Crippen molar-refractivity contribution in [3.63, 3.8) is 0 Å². The van der Waals surface area contributed by atoms with Crippen LogP contribution in [0.25, 0.3) is 0 Å². The third kappa shape index (κ3) is 11.0. The molecule has 0 aromatic rings. The van der Waals surface area contributed by atoms with Gasteiger partial charge >= 0.3 is 0 Å². The molecule has 226 valence electrons. The first-order valence-electron chi connectivity index (χ1n) is 13.5. The molecule has 16 nitrogen and oxygen atoms in total. The van der Waals surface area contributed by atoms with Crippen LogP contribution < -0.4 is 26.6 Å². The molecule has 0 spiro atoms. The summed E-state index contributed by atoms with van der Waals surface area (Å²) in [6.45, 7) is 2.81. The van der Waals surface area contributed by atoms with Gasteiger partial charge in [0.1, 0.15) is 5.84 Å². The number of hydrogen-bond donors (Lipinski definition) is 6. The van der Waals surface area contributed by atoms with E-state index >= 15 is 0 Å². The summed E-state index contributed by atoms with van der Waals surface area (Å²) in [7, 11) is 0. The van der Waals surface area contributed by atoms with Crippen molar-refractivity contribution in [3.05, 3.63) is 0 Å². The van der Waals surface area contributed by atoms with E-state index in [1.165, 1.54) is 4.90 Å². The normalized spacial score (nSPS) is 18.4. The number of amidine groups is 1. The second-order valence-electron chi connectivity index (χ2n) is 9.91. The molecule has 2 aliphatic rings. The molecule has 0 aromatic heterocycles. The van der Waals surface area contributed by atoms with Crippen molar-refractivity contribution in [3.8, 4) is 0 Å². The number of nitrogens with one attached hydrogen (secondary N) is 6. The molecule has 41 heavy (non-hydrogen) atoms. The van der Waals surface area contributed by atoms with E-state index in [0.717, 1.165) is 4.90 Å². The molecule has 2 rings (SSSR count). The standard InChI is InChI=1S/C25H38N8O8/c1-15-10-17(26)32(24(15)40)9-7-28-19(35)5-6-27-20(36)12-30-22(38)14-31-21(37)13-29-18(34)4-3-8-33-23(39)11-16(2)25(33)41/h15-16,26H,3-14H2,1-2H3,(H,27,36)(H,28,35)(H,29,34)(H,30,38)(H,31,37). The van der Waals surface area contributed by atoms with Gasteiger partial charge in [0.05, 0.1) is 19.6 Å². The molecule has 2 atom stereocenters. The van der Waals surface area contributed by atoms with Crippen molar-refractivity contribution < 1.29 is 38.4 Å². The van der Waals surface area contributed by atoms with Crippen LogP contribution in [0, 0.1) is 17.2 Å². The number of nitrogens with zero attached hydrogens (tertiary/aromatic N) is 2. The first-order valence-corrected chi connectivity index (χ1v) is 13.5. The van der Waals surface area contributed by atoms with E-state index in [0.29, 0.717) is 6.42 Å². The zero-order valence-corrected chi connectivity index (χ0v) is 23.3. The van der Waals surface area contributed by atoms with Crippen LogP contribution in [0.15, 0.2) is 0 Å². The summed E-state index contributed by atoms with van der Waals surface area (Å²) < 4.78 is 0. The number of likely N-dealkylation sites (tertiary alicyclic amines) is 2. The van der Waals surface area contributed by atoms with Gasteiger partial charge < -0.3 is 26.6 Å². The van der Waals surface area contributed by atoms with Crippen LogP contribution in [0.2, 0.25) is 0 Å². The number of carbonyl (C=O) groups excluding carboxylic acids is 8. The first kappa shape index (κ1) is 32.8. The van der Waals surface area contributed by atoms with Crippen molar-refractivity contribution in [2.24, 2.45) is 11.8 Å². The van der Waals surface area contributed by atoms with Crippen molar-refractivity contribution in [1.29, 1.82) is 5.41 Å². The molecular weight excluding hydrogens is 540 g/mol. The lowest BCUT2D eigenvalue weighted by atomic mass is 10.1. The molecule has 2 aliphatic heterocycles. The van der Waals surface area contributed by atoms with E-state index in [9.17, 15) is 38.4 Å². The molecular formula is C25H38N8O8. The number of hydrogen-bond acceptors (Lipinski definition) is 9. The lowest BCUT2D eigenvalue weighted by molar-refractivity contribution is -0.139. The maximum Gasteiger partial charge on any atom is 0.239 e. The molecule has 2 fully saturated rings. The zero-order valence-electron chi connectivity index (χ0n) is 23.3. The summed E-state index contributed by atoms with van der Waals surface area (Å²) in [6, 6.07) is 0. The van der Waals surface area contributed by atoms with Gasteiger partial charge in [-0.05, 0) is 6.42 Å². The van der Waals surface area contributed by atoms with Gasteiger partial charge in [-0.15, -0.1) is 0 Å². The molecule has 2 saturated heterocycles. The average molecular weight is 579 g/mol. The molecule has 0 radical (unpaired) electrons. The predicted molar refractivity (Wildman–Crippen MR) is 143 cm³/mol. The lowest BCUT2D eigenvalue weighted by Crippen LogP contribution is -2.44. The smallest absolute Gasteiger partial charge is 0.239 e. The van der Waals surface area contributed by atoms with Crippen molar-refractivity contribution in [1.82, 2.24) is 36.4 Å². The van der Waals surface area contributed by atoms with Crippen LogP contribution in [0.1, 0.15) is 46.0 Å². The minimum absolute atomic E-state index is 0.0144. The number of amides is 8. The third-order valence-electron chi connectivity index (χ3n) is 6.44. The van der Waals surface area contributed by atoms with E-state index in [2.05, 4.69) is 26.6 Å². The average Bonchev–Trinajstić information content (AvgIpc) is 3.31. The molecule has 16 heteroatoms. The van der Waals surface area contributed by atoms with Crippen LogP contribution >= 0.6 is 0 Å². The van der Waals surface area contributed by atoms with E-state index < -0.39 is 30.2 Å². The summed E-state index contributed by atoms with van der Waals surface area (Å²) >= 11 is 0. The Balaban J connectivity index is 1.47. The van der Waals surface area contributed by atoms with E-state index in [-0.39, 0.29) is 106 Å². The van der Waals surface area contributed by atoms with Crippen molar-refractivity contribution in [2.45, 2.75) is 46.0 Å². The lowest BCUT2D eigenvalue weighted by Gasteiger charge is -2.16. The third-order valence-corrected chi connectivity index (χ3v) is 6.44. The first-order chi connectivity index (χ1) is 19.4. The maximum atomic E-state index is 11.9. The highest BCUT2D eigenvalue weighted by atomic mass is 16.2. The maximum absolute atomic E-state index is 11.9. The van der Waals surface area contributed by atoms with Gasteiger partial charge in [0, 0.05) is 63.7 Å². The molecule has 0 aromatic carbocycles. The van der Waals surface area contributed by atoms with Gasteiger partial charge in [0.25, 0.3) is 0 Å². The van der Waals surface area contributed by atoms with Crippen molar-refractivity contribution in [2.75, 3.05) is 45.8 Å². The minimum atomic E-state index is -0.636. The van der Waals surface area contributed by atoms with Crippen molar-refractivity contribution >= 4 is 53.1 Å². The predicted octanol–water partition coefficient (Wildman–Crippen LogP) is -3.02. The van der Waals surface area contributed by atoms with Gasteiger partial charge in [0.2, 0.25) is 47.3 Å². The van der Waals surface area contributed by atoms with Crippen LogP contribution in [0.5, 0.6) is 0 Å². The fourth-order valence-corrected chi connectivity index (χ4v) is 4.14. The second kappa shape index (κ2) is 16.0. The van der Waals surface area contributed by atoms with Gasteiger partial charge in [-0.3, -0.25) is 53.6 Å². The van der Waals surface area contributed by atoms with Crippen LogP contribution in [0.4, 0.5) is 0 Å². The Morgan fingerprint density at radius 2 is 1.15 bits per heavy atom. The Morgan fingerprint density at radius 3 is 1.68 bits per heavy atom. The quantitative estimate of drug-likeness (QED) is 0.103. The minimum Gasteiger partial charge on any atom is -0.354 e. The molecule has 8 amide bonds. The van der Waals surface area contributed by atoms with Gasteiger partial charge in [-0.25, -0.2) is 0 Å². The van der Waals surface area contributed by atoms with E-state index in [1.807, 2.05) is 0 Å². The highest BCUT2D eigenvalue weighted by molar-refractivity contribution is 6.04. The SMILES string of the molecule is CC1CC(=N)N(CCNC(=O)CCNC(=O)CNC(=O)CNC(=O)CNC(=O)CCCN2C(=O)CC(C)C2=O)C1=O. The van der Waals surface area contributed by atoms with Crippen LogP contribution in [0.3, 0.4) is 0 Å². The Bertz CT molecular complexity index is 1080. The Hall–Kier alpha value is -4.37. The summed E-state index contributed by atoms with van der Waals surface area (Å²) in [5.41, 5.74) is 0. The molecule has 0 bridgehead atoms. The highest BCUT2D eigenvalue weighted by Gasteiger charge is 2.35. The molecule has 2 unspecified atom stereocenters. The summed E-state index contributed by atoms with van der Waals surface area (Å²) in [6.07, 6.45) is 0.813. The Kier molecular flexibility index (Phi) is 12.8. The van der Waals surface area contributed by atoms with Crippen LogP contribution in [-0.2, 0) is 38.4 Å². The molecule has 6 N–H and O–H groups in total. The fraction of sp³-hybridized carbons (Fsp3) is 0.640.